The lowest BCUT2D eigenvalue weighted by Crippen LogP contribution is -2.26. The highest BCUT2D eigenvalue weighted by Crippen LogP contribution is 2.15. The van der Waals surface area contributed by atoms with Crippen molar-refractivity contribution in [1.29, 1.82) is 0 Å². The first-order valence-corrected chi connectivity index (χ1v) is 8.83. The third-order valence-electron chi connectivity index (χ3n) is 3.48. The number of nitrogens with zero attached hydrogens (tertiary/aromatic N) is 2. The molecule has 1 aromatic heterocycles. The fourth-order valence-corrected chi connectivity index (χ4v) is 2.97. The molecule has 5 nitrogen and oxygen atoms in total. The molecule has 0 aliphatic heterocycles. The van der Waals surface area contributed by atoms with Crippen LogP contribution in [0.2, 0.25) is 5.02 Å². The van der Waals surface area contributed by atoms with Gasteiger partial charge in [0.2, 0.25) is 5.43 Å². The largest absolute Gasteiger partial charge is 0.320 e. The van der Waals surface area contributed by atoms with E-state index in [2.05, 4.69) is 33.0 Å². The fourth-order valence-electron chi connectivity index (χ4n) is 2.30. The Morgan fingerprint density at radius 2 is 1.88 bits per heavy atom. The molecule has 0 aliphatic carbocycles. The molecule has 3 rings (SSSR count). The first-order chi connectivity index (χ1) is 11.9. The van der Waals surface area contributed by atoms with Gasteiger partial charge in [0, 0.05) is 26.0 Å². The molecular weight excluding hydrogens is 453 g/mol. The Balaban J connectivity index is 1.98. The topological polar surface area (TPSA) is 64.0 Å². The van der Waals surface area contributed by atoms with Crippen molar-refractivity contribution < 1.29 is 4.79 Å². The molecule has 0 aliphatic rings. The third kappa shape index (κ3) is 4.08. The van der Waals surface area contributed by atoms with Crippen LogP contribution in [0.15, 0.2) is 59.4 Å². The summed E-state index contributed by atoms with van der Waals surface area (Å²) in [7, 11) is 0. The van der Waals surface area contributed by atoms with Crippen molar-refractivity contribution in [3.63, 3.8) is 0 Å². The quantitative estimate of drug-likeness (QED) is 0.594. The van der Waals surface area contributed by atoms with E-state index in [1.807, 2.05) is 18.2 Å². The Morgan fingerprint density at radius 1 is 1.16 bits per heavy atom. The van der Waals surface area contributed by atoms with Crippen LogP contribution in [-0.2, 0) is 0 Å². The van der Waals surface area contributed by atoms with Gasteiger partial charge in [-0.15, -0.1) is 0 Å². The lowest BCUT2D eigenvalue weighted by Gasteiger charge is -2.11. The number of benzene rings is 2. The Morgan fingerprint density at radius 3 is 2.56 bits per heavy atom. The van der Waals surface area contributed by atoms with E-state index in [0.717, 1.165) is 3.57 Å². The Hall–Kier alpha value is -2.19. The van der Waals surface area contributed by atoms with Crippen molar-refractivity contribution in [2.24, 2.45) is 0 Å². The van der Waals surface area contributed by atoms with Crippen LogP contribution >= 0.6 is 34.2 Å². The monoisotopic (exact) mass is 465 g/mol. The normalized spacial score (nSPS) is 10.5. The minimum Gasteiger partial charge on any atom is -0.320 e. The summed E-state index contributed by atoms with van der Waals surface area (Å²) in [5, 5.41) is 7.54. The van der Waals surface area contributed by atoms with Crippen molar-refractivity contribution >= 4 is 45.8 Å². The Kier molecular flexibility index (Phi) is 5.19. The molecule has 0 saturated heterocycles. The number of hydrogen-bond acceptors (Lipinski definition) is 3. The molecule has 0 spiro atoms. The van der Waals surface area contributed by atoms with Crippen molar-refractivity contribution in [3.05, 3.63) is 84.8 Å². The predicted molar refractivity (Wildman–Crippen MR) is 107 cm³/mol. The minimum atomic E-state index is -0.547. The van der Waals surface area contributed by atoms with Gasteiger partial charge in [0.15, 0.2) is 5.69 Å². The van der Waals surface area contributed by atoms with Crippen LogP contribution < -0.4 is 10.7 Å². The summed E-state index contributed by atoms with van der Waals surface area (Å²) in [6.07, 6.45) is 0. The van der Waals surface area contributed by atoms with Crippen LogP contribution in [-0.4, -0.2) is 15.7 Å². The van der Waals surface area contributed by atoms with Crippen molar-refractivity contribution in [2.45, 2.75) is 6.92 Å². The molecule has 25 heavy (non-hydrogen) atoms. The van der Waals surface area contributed by atoms with Crippen LogP contribution in [0.1, 0.15) is 16.2 Å². The van der Waals surface area contributed by atoms with E-state index in [0.29, 0.717) is 22.1 Å². The van der Waals surface area contributed by atoms with Gasteiger partial charge in [-0.1, -0.05) is 17.7 Å². The zero-order chi connectivity index (χ0) is 18.0. The van der Waals surface area contributed by atoms with Crippen molar-refractivity contribution in [1.82, 2.24) is 9.78 Å². The average Bonchev–Trinajstić information content (AvgIpc) is 2.56. The summed E-state index contributed by atoms with van der Waals surface area (Å²) in [6.45, 7) is 1.75. The molecule has 7 heteroatoms. The molecule has 0 bridgehead atoms. The summed E-state index contributed by atoms with van der Waals surface area (Å²) < 4.78 is 2.52. The molecule has 1 amide bonds. The van der Waals surface area contributed by atoms with E-state index in [4.69, 9.17) is 11.6 Å². The second kappa shape index (κ2) is 7.37. The van der Waals surface area contributed by atoms with Gasteiger partial charge in [-0.05, 0) is 72.0 Å². The number of hydrogen-bond donors (Lipinski definition) is 1. The first-order valence-electron chi connectivity index (χ1n) is 7.38. The molecule has 1 N–H and O–H groups in total. The number of halogens is 2. The Labute approximate surface area is 162 Å². The summed E-state index contributed by atoms with van der Waals surface area (Å²) in [5.74, 6) is -0.547. The lowest BCUT2D eigenvalue weighted by molar-refractivity contribution is 0.101. The van der Waals surface area contributed by atoms with Crippen LogP contribution in [0.3, 0.4) is 0 Å². The maximum atomic E-state index is 12.5. The van der Waals surface area contributed by atoms with Gasteiger partial charge in [-0.3, -0.25) is 9.59 Å². The second-order valence-corrected chi connectivity index (χ2v) is 7.03. The molecule has 0 fully saturated rings. The Bertz CT molecular complexity index is 1000. The molecular formula is C18H13ClIN3O2. The van der Waals surface area contributed by atoms with Gasteiger partial charge in [0.05, 0.1) is 5.69 Å². The maximum absolute atomic E-state index is 12.5. The van der Waals surface area contributed by atoms with Gasteiger partial charge >= 0.3 is 0 Å². The van der Waals surface area contributed by atoms with Crippen molar-refractivity contribution in [3.8, 4) is 5.69 Å². The van der Waals surface area contributed by atoms with E-state index in [1.54, 1.807) is 41.9 Å². The highest BCUT2D eigenvalue weighted by atomic mass is 127. The third-order valence-corrected chi connectivity index (χ3v) is 4.40. The molecule has 3 aromatic rings. The number of nitrogens with one attached hydrogen (secondary N) is 1. The number of carbonyl (C=O) groups excluding carboxylic acids is 1. The number of carbonyl (C=O) groups is 1. The molecule has 1 heterocycles. The van der Waals surface area contributed by atoms with Gasteiger partial charge < -0.3 is 5.32 Å². The number of rotatable bonds is 3. The summed E-state index contributed by atoms with van der Waals surface area (Å²) >= 11 is 8.05. The lowest BCUT2D eigenvalue weighted by atomic mass is 10.2. The summed E-state index contributed by atoms with van der Waals surface area (Å²) in [6, 6.07) is 15.7. The number of aromatic nitrogens is 2. The highest BCUT2D eigenvalue weighted by Gasteiger charge is 2.15. The fraction of sp³-hybridized carbons (Fsp3) is 0.0556. The molecule has 126 valence electrons. The predicted octanol–water partition coefficient (Wildman–Crippen LogP) is 4.05. The zero-order valence-corrected chi connectivity index (χ0v) is 16.1. The van der Waals surface area contributed by atoms with E-state index < -0.39 is 11.3 Å². The van der Waals surface area contributed by atoms with E-state index in [-0.39, 0.29) is 5.69 Å². The van der Waals surface area contributed by atoms with Crippen LogP contribution in [0, 0.1) is 10.5 Å². The maximum Gasteiger partial charge on any atom is 0.280 e. The minimum absolute atomic E-state index is 0.167. The van der Waals surface area contributed by atoms with Crippen molar-refractivity contribution in [2.75, 3.05) is 5.32 Å². The molecule has 0 atom stereocenters. The van der Waals surface area contributed by atoms with Gasteiger partial charge in [0.1, 0.15) is 0 Å². The van der Waals surface area contributed by atoms with Crippen LogP contribution in [0.25, 0.3) is 5.69 Å². The summed E-state index contributed by atoms with van der Waals surface area (Å²) in [4.78, 5) is 24.7. The van der Waals surface area contributed by atoms with Crippen LogP contribution in [0.5, 0.6) is 0 Å². The number of aryl methyl sites for hydroxylation is 1. The standard InChI is InChI=1S/C18H13ClIN3O2/c1-11-9-16(24)17(18(25)21-14-4-2-3-13(20)10-14)22-23(11)15-7-5-12(19)6-8-15/h2-10H,1H3,(H,21,25). The highest BCUT2D eigenvalue weighted by molar-refractivity contribution is 14.1. The SMILES string of the molecule is Cc1cc(=O)c(C(=O)Nc2cccc(I)c2)nn1-c1ccc(Cl)cc1. The van der Waals surface area contributed by atoms with Crippen LogP contribution in [0.4, 0.5) is 5.69 Å². The van der Waals surface area contributed by atoms with Gasteiger partial charge in [-0.2, -0.15) is 5.10 Å². The van der Waals surface area contributed by atoms with E-state index in [9.17, 15) is 9.59 Å². The molecule has 2 aromatic carbocycles. The average molecular weight is 466 g/mol. The number of amides is 1. The second-order valence-electron chi connectivity index (χ2n) is 5.35. The van der Waals surface area contributed by atoms with Gasteiger partial charge in [0.25, 0.3) is 5.91 Å². The van der Waals surface area contributed by atoms with Gasteiger partial charge in [-0.25, -0.2) is 4.68 Å². The number of anilines is 1. The van der Waals surface area contributed by atoms with E-state index in [1.165, 1.54) is 6.07 Å². The molecule has 0 unspecified atom stereocenters. The molecule has 0 saturated carbocycles. The molecule has 0 radical (unpaired) electrons. The first kappa shape index (κ1) is 17.6. The van der Waals surface area contributed by atoms with E-state index >= 15 is 0 Å². The smallest absolute Gasteiger partial charge is 0.280 e. The summed E-state index contributed by atoms with van der Waals surface area (Å²) in [5.41, 5.74) is 1.35. The zero-order valence-electron chi connectivity index (χ0n) is 13.2.